The summed E-state index contributed by atoms with van der Waals surface area (Å²) in [5, 5.41) is 0. The van der Waals surface area contributed by atoms with Crippen molar-refractivity contribution in [3.63, 3.8) is 0 Å². The number of esters is 1. The summed E-state index contributed by atoms with van der Waals surface area (Å²) < 4.78 is 25.3. The lowest BCUT2D eigenvalue weighted by molar-refractivity contribution is -0.139. The van der Waals surface area contributed by atoms with Crippen LogP contribution in [0.15, 0.2) is 60.3 Å². The molecule has 2 aromatic heterocycles. The standard InChI is InChI=1S/C26H26BrN3O6S/c1-4-35-25(32)21-15(2)28-26-30(22(21)17-7-5-6-8-19(17)33-3)23(31)20(37-26)14-16-13-18(27)24(36-16)29-9-11-34-12-10-29/h5-8,13-14,22H,4,9-12H2,1-3H3. The van der Waals surface area contributed by atoms with E-state index < -0.39 is 12.0 Å². The van der Waals surface area contributed by atoms with Gasteiger partial charge in [0.1, 0.15) is 17.6 Å². The molecule has 37 heavy (non-hydrogen) atoms. The number of allylic oxidation sites excluding steroid dienone is 1. The van der Waals surface area contributed by atoms with E-state index >= 15 is 0 Å². The molecule has 5 rings (SSSR count). The number of carbonyl (C=O) groups excluding carboxylic acids is 1. The first kappa shape index (κ1) is 25.5. The van der Waals surface area contributed by atoms with E-state index in [0.717, 1.165) is 17.6 Å². The molecule has 0 radical (unpaired) electrons. The summed E-state index contributed by atoms with van der Waals surface area (Å²) in [6, 6.07) is 8.43. The fourth-order valence-corrected chi connectivity index (χ4v) is 6.12. The Balaban J connectivity index is 1.65. The smallest absolute Gasteiger partial charge is 0.338 e. The van der Waals surface area contributed by atoms with E-state index in [2.05, 4.69) is 25.8 Å². The third kappa shape index (κ3) is 4.78. The molecule has 0 spiro atoms. The second kappa shape index (κ2) is 10.7. The number of anilines is 1. The molecule has 2 aliphatic rings. The van der Waals surface area contributed by atoms with Crippen LogP contribution in [0.3, 0.4) is 0 Å². The number of halogens is 1. The summed E-state index contributed by atoms with van der Waals surface area (Å²) in [4.78, 5) is 34.1. The Morgan fingerprint density at radius 1 is 1.30 bits per heavy atom. The number of para-hydroxylation sites is 1. The fourth-order valence-electron chi connectivity index (χ4n) is 4.54. The van der Waals surface area contributed by atoms with Crippen molar-refractivity contribution in [2.45, 2.75) is 19.9 Å². The van der Waals surface area contributed by atoms with E-state index in [-0.39, 0.29) is 12.2 Å². The fraction of sp³-hybridized carbons (Fsp3) is 0.346. The first-order chi connectivity index (χ1) is 17.9. The topological polar surface area (TPSA) is 95.5 Å². The Labute approximate surface area is 225 Å². The van der Waals surface area contributed by atoms with Gasteiger partial charge in [0, 0.05) is 30.8 Å². The van der Waals surface area contributed by atoms with Gasteiger partial charge in [-0.3, -0.25) is 9.36 Å². The summed E-state index contributed by atoms with van der Waals surface area (Å²) >= 11 is 4.82. The highest BCUT2D eigenvalue weighted by molar-refractivity contribution is 9.10. The van der Waals surface area contributed by atoms with Gasteiger partial charge in [0.2, 0.25) is 5.88 Å². The van der Waals surface area contributed by atoms with Crippen LogP contribution in [0, 0.1) is 0 Å². The van der Waals surface area contributed by atoms with E-state index in [4.69, 9.17) is 18.6 Å². The highest BCUT2D eigenvalue weighted by Crippen LogP contribution is 2.36. The molecule has 9 nitrogen and oxygen atoms in total. The third-order valence-electron chi connectivity index (χ3n) is 6.21. The van der Waals surface area contributed by atoms with Crippen LogP contribution in [0.5, 0.6) is 5.75 Å². The molecule has 0 aliphatic carbocycles. The maximum absolute atomic E-state index is 13.8. The molecule has 1 saturated heterocycles. The Bertz CT molecular complexity index is 1550. The van der Waals surface area contributed by atoms with Crippen LogP contribution in [0.4, 0.5) is 5.88 Å². The number of carbonyl (C=O) groups is 1. The number of morpholine rings is 1. The predicted molar refractivity (Wildman–Crippen MR) is 143 cm³/mol. The van der Waals surface area contributed by atoms with Gasteiger partial charge in [-0.15, -0.1) is 0 Å². The number of benzene rings is 1. The lowest BCUT2D eigenvalue weighted by Gasteiger charge is -2.26. The number of thiazole rings is 1. The van der Waals surface area contributed by atoms with Crippen molar-refractivity contribution in [1.29, 1.82) is 0 Å². The number of aromatic nitrogens is 1. The Morgan fingerprint density at radius 3 is 2.78 bits per heavy atom. The normalized spacial score (nSPS) is 18.0. The molecule has 11 heteroatoms. The molecule has 1 fully saturated rings. The maximum atomic E-state index is 13.8. The molecule has 0 N–H and O–H groups in total. The van der Waals surface area contributed by atoms with Crippen molar-refractivity contribution in [2.24, 2.45) is 4.99 Å². The first-order valence-corrected chi connectivity index (χ1v) is 13.5. The van der Waals surface area contributed by atoms with Gasteiger partial charge in [0.05, 0.1) is 47.2 Å². The molecule has 0 amide bonds. The summed E-state index contributed by atoms with van der Waals surface area (Å²) in [5.41, 5.74) is 1.19. The minimum atomic E-state index is -0.749. The molecule has 2 aliphatic heterocycles. The second-order valence-electron chi connectivity index (χ2n) is 8.45. The predicted octanol–water partition coefficient (Wildman–Crippen LogP) is 3.00. The quantitative estimate of drug-likeness (QED) is 0.409. The van der Waals surface area contributed by atoms with Crippen LogP contribution in [0.25, 0.3) is 6.08 Å². The number of ether oxygens (including phenoxy) is 3. The minimum Gasteiger partial charge on any atom is -0.496 e. The van der Waals surface area contributed by atoms with E-state index in [1.165, 1.54) is 15.9 Å². The number of hydrogen-bond donors (Lipinski definition) is 0. The van der Waals surface area contributed by atoms with E-state index in [0.29, 0.717) is 56.8 Å². The zero-order valence-corrected chi connectivity index (χ0v) is 23.1. The van der Waals surface area contributed by atoms with Gasteiger partial charge in [-0.1, -0.05) is 29.5 Å². The van der Waals surface area contributed by atoms with Crippen molar-refractivity contribution >= 4 is 45.2 Å². The zero-order chi connectivity index (χ0) is 26.1. The third-order valence-corrected chi connectivity index (χ3v) is 7.76. The van der Waals surface area contributed by atoms with Gasteiger partial charge in [-0.2, -0.15) is 0 Å². The maximum Gasteiger partial charge on any atom is 0.338 e. The average Bonchev–Trinajstić information content (AvgIpc) is 3.42. The van der Waals surface area contributed by atoms with Gasteiger partial charge < -0.3 is 23.5 Å². The van der Waals surface area contributed by atoms with Gasteiger partial charge in [-0.25, -0.2) is 9.79 Å². The highest BCUT2D eigenvalue weighted by Gasteiger charge is 2.35. The molecule has 3 aromatic rings. The largest absolute Gasteiger partial charge is 0.496 e. The second-order valence-corrected chi connectivity index (χ2v) is 10.3. The van der Waals surface area contributed by atoms with Gasteiger partial charge >= 0.3 is 5.97 Å². The van der Waals surface area contributed by atoms with Crippen LogP contribution in [0.1, 0.15) is 31.2 Å². The number of furan rings is 1. The summed E-state index contributed by atoms with van der Waals surface area (Å²) in [6.07, 6.45) is 1.71. The molecular weight excluding hydrogens is 562 g/mol. The molecule has 194 valence electrons. The first-order valence-electron chi connectivity index (χ1n) is 11.9. The molecule has 1 unspecified atom stereocenters. The van der Waals surface area contributed by atoms with E-state index in [9.17, 15) is 9.59 Å². The van der Waals surface area contributed by atoms with Crippen LogP contribution in [-0.2, 0) is 14.3 Å². The summed E-state index contributed by atoms with van der Waals surface area (Å²) in [5.74, 6) is 1.28. The van der Waals surface area contributed by atoms with Crippen molar-refractivity contribution < 1.29 is 23.4 Å². The average molecular weight is 588 g/mol. The number of hydrogen-bond acceptors (Lipinski definition) is 9. The van der Waals surface area contributed by atoms with E-state index in [1.807, 2.05) is 24.3 Å². The number of rotatable bonds is 6. The van der Waals surface area contributed by atoms with Crippen molar-refractivity contribution in [3.05, 3.63) is 77.1 Å². The minimum absolute atomic E-state index is 0.206. The number of nitrogens with zero attached hydrogens (tertiary/aromatic N) is 3. The Morgan fingerprint density at radius 2 is 2.05 bits per heavy atom. The van der Waals surface area contributed by atoms with Gasteiger partial charge in [0.25, 0.3) is 5.56 Å². The zero-order valence-electron chi connectivity index (χ0n) is 20.7. The highest BCUT2D eigenvalue weighted by atomic mass is 79.9. The molecular formula is C26H26BrN3O6S. The summed E-state index contributed by atoms with van der Waals surface area (Å²) in [6.45, 7) is 6.42. The Kier molecular flexibility index (Phi) is 7.36. The van der Waals surface area contributed by atoms with Gasteiger partial charge in [-0.05, 0) is 35.8 Å². The van der Waals surface area contributed by atoms with Crippen molar-refractivity contribution in [1.82, 2.24) is 4.57 Å². The van der Waals surface area contributed by atoms with Crippen LogP contribution >= 0.6 is 27.3 Å². The molecule has 4 heterocycles. The van der Waals surface area contributed by atoms with Crippen molar-refractivity contribution in [2.75, 3.05) is 44.9 Å². The number of fused-ring (bicyclic) bond motifs is 1. The van der Waals surface area contributed by atoms with Crippen LogP contribution in [0.2, 0.25) is 0 Å². The SMILES string of the molecule is CCOC(=O)C1=C(C)N=c2sc(=Cc3cc(Br)c(N4CCOCC4)o3)c(=O)n2C1c1ccccc1OC. The molecule has 0 saturated carbocycles. The van der Waals surface area contributed by atoms with E-state index in [1.54, 1.807) is 33.1 Å². The van der Waals surface area contributed by atoms with Crippen LogP contribution in [-0.4, -0.2) is 50.6 Å². The lowest BCUT2D eigenvalue weighted by Crippen LogP contribution is -2.40. The Hall–Kier alpha value is -3.15. The van der Waals surface area contributed by atoms with Gasteiger partial charge in [0.15, 0.2) is 4.80 Å². The molecule has 0 bridgehead atoms. The summed E-state index contributed by atoms with van der Waals surface area (Å²) in [7, 11) is 1.56. The lowest BCUT2D eigenvalue weighted by atomic mass is 9.95. The molecule has 1 atom stereocenters. The van der Waals surface area contributed by atoms with Crippen LogP contribution < -0.4 is 24.5 Å². The number of methoxy groups -OCH3 is 1. The molecule has 1 aromatic carbocycles. The van der Waals surface area contributed by atoms with Crippen molar-refractivity contribution in [3.8, 4) is 5.75 Å². The monoisotopic (exact) mass is 587 g/mol.